The lowest BCUT2D eigenvalue weighted by molar-refractivity contribution is -0.136. The zero-order chi connectivity index (χ0) is 18.8. The van der Waals surface area contributed by atoms with Crippen molar-refractivity contribution in [1.29, 1.82) is 0 Å². The summed E-state index contributed by atoms with van der Waals surface area (Å²) in [5, 5.41) is 3.15. The monoisotopic (exact) mass is 347 g/mol. The molecule has 0 aliphatic rings. The predicted molar refractivity (Wildman–Crippen MR) is 91.7 cm³/mol. The Kier molecular flexibility index (Phi) is 5.15. The van der Waals surface area contributed by atoms with Gasteiger partial charge in [-0.1, -0.05) is 0 Å². The first-order valence-electron chi connectivity index (χ1n) is 7.81. The number of ether oxygens (including phenoxy) is 2. The van der Waals surface area contributed by atoms with Crippen LogP contribution in [0.4, 0.5) is 4.79 Å². The number of hydrogen-bond donors (Lipinski definition) is 1. The van der Waals surface area contributed by atoms with E-state index in [-0.39, 0.29) is 5.75 Å². The number of carbonyl (C=O) groups excluding carboxylic acids is 2. The molecule has 0 saturated heterocycles. The number of carbonyl (C=O) groups is 2. The molecule has 1 aromatic heterocycles. The molecule has 1 amide bonds. The van der Waals surface area contributed by atoms with Crippen molar-refractivity contribution in [3.63, 3.8) is 0 Å². The average molecular weight is 347 g/mol. The maximum absolute atomic E-state index is 12.1. The Bertz CT molecular complexity index is 862. The highest BCUT2D eigenvalue weighted by Crippen LogP contribution is 2.22. The summed E-state index contributed by atoms with van der Waals surface area (Å²) >= 11 is 0. The van der Waals surface area contributed by atoms with E-state index in [9.17, 15) is 14.4 Å². The lowest BCUT2D eigenvalue weighted by Crippen LogP contribution is -2.43. The van der Waals surface area contributed by atoms with Crippen LogP contribution in [0, 0.1) is 6.92 Å². The third kappa shape index (κ3) is 5.07. The fourth-order valence-electron chi connectivity index (χ4n) is 2.12. The number of amides is 1. The molecule has 0 spiro atoms. The Hall–Kier alpha value is -2.83. The van der Waals surface area contributed by atoms with Crippen LogP contribution in [0.15, 0.2) is 33.5 Å². The highest BCUT2D eigenvalue weighted by molar-refractivity contribution is 5.85. The Morgan fingerprint density at radius 2 is 1.88 bits per heavy atom. The molecule has 1 aromatic carbocycles. The molecule has 134 valence electrons. The Balaban J connectivity index is 2.08. The van der Waals surface area contributed by atoms with Crippen LogP contribution in [-0.4, -0.2) is 23.7 Å². The van der Waals surface area contributed by atoms with Gasteiger partial charge in [-0.15, -0.1) is 0 Å². The fourth-order valence-corrected chi connectivity index (χ4v) is 2.12. The second-order valence-corrected chi connectivity index (χ2v) is 6.70. The van der Waals surface area contributed by atoms with E-state index in [1.165, 1.54) is 19.1 Å². The van der Waals surface area contributed by atoms with Crippen LogP contribution in [0.25, 0.3) is 11.0 Å². The quantitative estimate of drug-likeness (QED) is 0.521. The van der Waals surface area contributed by atoms with E-state index in [1.54, 1.807) is 39.8 Å². The molecule has 7 heteroatoms. The molecular weight excluding hydrogens is 326 g/mol. The molecule has 1 N–H and O–H groups in total. The van der Waals surface area contributed by atoms with Gasteiger partial charge in [0.2, 0.25) is 0 Å². The van der Waals surface area contributed by atoms with Crippen molar-refractivity contribution >= 4 is 23.0 Å². The lowest BCUT2D eigenvalue weighted by Gasteiger charge is -2.21. The molecule has 0 bridgehead atoms. The van der Waals surface area contributed by atoms with Crippen molar-refractivity contribution in [1.82, 2.24) is 5.32 Å². The predicted octanol–water partition coefficient (Wildman–Crippen LogP) is 2.92. The lowest BCUT2D eigenvalue weighted by atomic mass is 10.1. The molecule has 2 rings (SSSR count). The van der Waals surface area contributed by atoms with Gasteiger partial charge in [-0.25, -0.2) is 14.4 Å². The molecular formula is C18H21NO6. The first kappa shape index (κ1) is 18.5. The molecule has 0 radical (unpaired) electrons. The molecule has 7 nitrogen and oxygen atoms in total. The minimum absolute atomic E-state index is 0.212. The van der Waals surface area contributed by atoms with Crippen molar-refractivity contribution in [3.05, 3.63) is 40.2 Å². The number of fused-ring (bicyclic) bond motifs is 1. The van der Waals surface area contributed by atoms with Crippen molar-refractivity contribution in [3.8, 4) is 5.75 Å². The van der Waals surface area contributed by atoms with Gasteiger partial charge in [-0.3, -0.25) is 0 Å². The first-order valence-corrected chi connectivity index (χ1v) is 7.81. The topological polar surface area (TPSA) is 94.8 Å². The minimum atomic E-state index is -0.907. The van der Waals surface area contributed by atoms with Gasteiger partial charge in [0.05, 0.1) is 0 Å². The summed E-state index contributed by atoms with van der Waals surface area (Å²) in [4.78, 5) is 35.2. The molecule has 25 heavy (non-hydrogen) atoms. The van der Waals surface area contributed by atoms with E-state index >= 15 is 0 Å². The van der Waals surface area contributed by atoms with Gasteiger partial charge >= 0.3 is 17.7 Å². The molecule has 0 fully saturated rings. The second kappa shape index (κ2) is 6.96. The Morgan fingerprint density at radius 1 is 1.20 bits per heavy atom. The van der Waals surface area contributed by atoms with Crippen molar-refractivity contribution in [2.45, 2.75) is 46.3 Å². The summed E-state index contributed by atoms with van der Waals surface area (Å²) in [5.74, 6) is -0.454. The van der Waals surface area contributed by atoms with E-state index in [2.05, 4.69) is 5.32 Å². The van der Waals surface area contributed by atoms with E-state index < -0.39 is 29.3 Å². The van der Waals surface area contributed by atoms with Crippen LogP contribution in [0.2, 0.25) is 0 Å². The Labute approximate surface area is 144 Å². The largest absolute Gasteiger partial charge is 0.444 e. The average Bonchev–Trinajstić information content (AvgIpc) is 2.44. The Morgan fingerprint density at radius 3 is 2.52 bits per heavy atom. The third-order valence-corrected chi connectivity index (χ3v) is 3.23. The van der Waals surface area contributed by atoms with E-state index in [4.69, 9.17) is 13.9 Å². The second-order valence-electron chi connectivity index (χ2n) is 6.70. The van der Waals surface area contributed by atoms with Crippen molar-refractivity contribution in [2.75, 3.05) is 0 Å². The van der Waals surface area contributed by atoms with E-state index in [1.807, 2.05) is 0 Å². The van der Waals surface area contributed by atoms with Crippen LogP contribution in [-0.2, 0) is 9.53 Å². The number of nitrogens with one attached hydrogen (secondary N) is 1. The zero-order valence-corrected chi connectivity index (χ0v) is 14.8. The fraction of sp³-hybridized carbons (Fsp3) is 0.389. The van der Waals surface area contributed by atoms with Crippen LogP contribution in [0.3, 0.4) is 0 Å². The van der Waals surface area contributed by atoms with Gasteiger partial charge < -0.3 is 19.2 Å². The number of benzene rings is 1. The van der Waals surface area contributed by atoms with Crippen molar-refractivity contribution < 1.29 is 23.5 Å². The number of esters is 1. The summed E-state index contributed by atoms with van der Waals surface area (Å²) < 4.78 is 15.4. The SMILES string of the molecule is Cc1cc(=O)oc2cc(OC(=O)[C@H](C)NC(=O)OC(C)(C)C)ccc12. The van der Waals surface area contributed by atoms with Crippen LogP contribution in [0.1, 0.15) is 33.3 Å². The zero-order valence-electron chi connectivity index (χ0n) is 14.8. The van der Waals surface area contributed by atoms with E-state index in [0.717, 1.165) is 10.9 Å². The van der Waals surface area contributed by atoms with Gasteiger partial charge in [-0.05, 0) is 52.3 Å². The van der Waals surface area contributed by atoms with Gasteiger partial charge in [0.1, 0.15) is 23.0 Å². The minimum Gasteiger partial charge on any atom is -0.444 e. The van der Waals surface area contributed by atoms with Crippen LogP contribution >= 0.6 is 0 Å². The normalized spacial score (nSPS) is 12.5. The number of aryl methyl sites for hydroxylation is 1. The van der Waals surface area contributed by atoms with Gasteiger partial charge in [-0.2, -0.15) is 0 Å². The van der Waals surface area contributed by atoms with Crippen LogP contribution in [0.5, 0.6) is 5.75 Å². The number of hydrogen-bond acceptors (Lipinski definition) is 6. The smallest absolute Gasteiger partial charge is 0.408 e. The molecule has 2 aromatic rings. The maximum atomic E-state index is 12.1. The highest BCUT2D eigenvalue weighted by atomic mass is 16.6. The van der Waals surface area contributed by atoms with Gasteiger partial charge in [0.15, 0.2) is 0 Å². The van der Waals surface area contributed by atoms with Crippen molar-refractivity contribution in [2.24, 2.45) is 0 Å². The number of rotatable bonds is 3. The standard InChI is InChI=1S/C18H21NO6/c1-10-8-15(20)24-14-9-12(6-7-13(10)14)23-16(21)11(2)19-17(22)25-18(3,4)5/h6-9,11H,1-5H3,(H,19,22)/t11-/m0/s1. The van der Waals surface area contributed by atoms with Gasteiger partial charge in [0.25, 0.3) is 0 Å². The van der Waals surface area contributed by atoms with Gasteiger partial charge in [0, 0.05) is 17.5 Å². The summed E-state index contributed by atoms with van der Waals surface area (Å²) in [5.41, 5.74) is -0.0536. The summed E-state index contributed by atoms with van der Waals surface area (Å²) in [6.07, 6.45) is -0.711. The molecule has 0 saturated carbocycles. The van der Waals surface area contributed by atoms with E-state index in [0.29, 0.717) is 5.58 Å². The molecule has 0 unspecified atom stereocenters. The maximum Gasteiger partial charge on any atom is 0.408 e. The number of alkyl carbamates (subject to hydrolysis) is 1. The summed E-state index contributed by atoms with van der Waals surface area (Å²) in [7, 11) is 0. The van der Waals surface area contributed by atoms with Crippen LogP contribution < -0.4 is 15.7 Å². The highest BCUT2D eigenvalue weighted by Gasteiger charge is 2.22. The first-order chi connectivity index (χ1) is 11.5. The molecule has 1 heterocycles. The summed E-state index contributed by atoms with van der Waals surface area (Å²) in [6, 6.07) is 5.23. The third-order valence-electron chi connectivity index (χ3n) is 3.23. The summed E-state index contributed by atoms with van der Waals surface area (Å²) in [6.45, 7) is 8.44. The molecule has 0 aliphatic carbocycles. The molecule has 0 aliphatic heterocycles. The molecule has 1 atom stereocenters.